The number of esters is 1. The third-order valence-corrected chi connectivity index (χ3v) is 3.02. The van der Waals surface area contributed by atoms with Crippen molar-refractivity contribution in [1.82, 2.24) is 0 Å². The Hall–Kier alpha value is -2.49. The van der Waals surface area contributed by atoms with E-state index in [9.17, 15) is 4.79 Å². The standard InChI is InChI=1S/C18H20O4/c1-2-15-7-6-10-17(13-15)20-11-12-21-18(19)14-22-16-8-4-3-5-9-16/h3-10,13H,2,11-12,14H2,1H3. The molecule has 0 spiro atoms. The Morgan fingerprint density at radius 2 is 1.68 bits per heavy atom. The predicted octanol–water partition coefficient (Wildman–Crippen LogP) is 3.25. The van der Waals surface area contributed by atoms with E-state index in [0.29, 0.717) is 12.4 Å². The number of para-hydroxylation sites is 1. The van der Waals surface area contributed by atoms with Crippen LogP contribution in [0.25, 0.3) is 0 Å². The van der Waals surface area contributed by atoms with Gasteiger partial charge in [0.2, 0.25) is 0 Å². The summed E-state index contributed by atoms with van der Waals surface area (Å²) in [4.78, 5) is 11.5. The van der Waals surface area contributed by atoms with Gasteiger partial charge in [0, 0.05) is 0 Å². The van der Waals surface area contributed by atoms with Crippen molar-refractivity contribution in [2.45, 2.75) is 13.3 Å². The second-order valence-corrected chi connectivity index (χ2v) is 4.67. The third kappa shape index (κ3) is 5.48. The molecule has 4 heteroatoms. The highest BCUT2D eigenvalue weighted by molar-refractivity contribution is 5.71. The van der Waals surface area contributed by atoms with Gasteiger partial charge < -0.3 is 14.2 Å². The normalized spacial score (nSPS) is 10.0. The maximum atomic E-state index is 11.5. The molecule has 4 nitrogen and oxygen atoms in total. The summed E-state index contributed by atoms with van der Waals surface area (Å²) in [7, 11) is 0. The summed E-state index contributed by atoms with van der Waals surface area (Å²) in [6.45, 7) is 2.51. The van der Waals surface area contributed by atoms with E-state index in [0.717, 1.165) is 12.2 Å². The van der Waals surface area contributed by atoms with Gasteiger partial charge in [-0.2, -0.15) is 0 Å². The van der Waals surface area contributed by atoms with Gasteiger partial charge in [-0.05, 0) is 36.2 Å². The molecule has 0 bridgehead atoms. The molecule has 2 aromatic rings. The summed E-state index contributed by atoms with van der Waals surface area (Å²) < 4.78 is 15.9. The van der Waals surface area contributed by atoms with Gasteiger partial charge in [-0.3, -0.25) is 0 Å². The molecule has 0 aliphatic heterocycles. The first-order valence-electron chi connectivity index (χ1n) is 7.33. The maximum Gasteiger partial charge on any atom is 0.344 e. The lowest BCUT2D eigenvalue weighted by molar-refractivity contribution is -0.146. The highest BCUT2D eigenvalue weighted by Crippen LogP contribution is 2.13. The second-order valence-electron chi connectivity index (χ2n) is 4.67. The van der Waals surface area contributed by atoms with Crippen molar-refractivity contribution in [1.29, 1.82) is 0 Å². The fraction of sp³-hybridized carbons (Fsp3) is 0.278. The average Bonchev–Trinajstić information content (AvgIpc) is 2.58. The van der Waals surface area contributed by atoms with Crippen molar-refractivity contribution in [3.05, 3.63) is 60.2 Å². The summed E-state index contributed by atoms with van der Waals surface area (Å²) in [6.07, 6.45) is 0.961. The van der Waals surface area contributed by atoms with Crippen LogP contribution in [0.15, 0.2) is 54.6 Å². The van der Waals surface area contributed by atoms with E-state index in [-0.39, 0.29) is 13.2 Å². The monoisotopic (exact) mass is 300 g/mol. The van der Waals surface area contributed by atoms with E-state index in [1.165, 1.54) is 5.56 Å². The van der Waals surface area contributed by atoms with E-state index in [4.69, 9.17) is 14.2 Å². The number of benzene rings is 2. The van der Waals surface area contributed by atoms with Crippen molar-refractivity contribution >= 4 is 5.97 Å². The van der Waals surface area contributed by atoms with Crippen LogP contribution in [0.1, 0.15) is 12.5 Å². The molecule has 0 unspecified atom stereocenters. The molecule has 0 saturated heterocycles. The lowest BCUT2D eigenvalue weighted by Crippen LogP contribution is -2.18. The van der Waals surface area contributed by atoms with Crippen molar-refractivity contribution in [3.63, 3.8) is 0 Å². The Morgan fingerprint density at radius 3 is 2.45 bits per heavy atom. The van der Waals surface area contributed by atoms with Crippen LogP contribution >= 0.6 is 0 Å². The predicted molar refractivity (Wildman–Crippen MR) is 84.2 cm³/mol. The van der Waals surface area contributed by atoms with Crippen molar-refractivity contribution < 1.29 is 19.0 Å². The van der Waals surface area contributed by atoms with Crippen molar-refractivity contribution in [3.8, 4) is 11.5 Å². The zero-order valence-electron chi connectivity index (χ0n) is 12.7. The van der Waals surface area contributed by atoms with Gasteiger partial charge in [-0.25, -0.2) is 4.79 Å². The number of hydrogen-bond donors (Lipinski definition) is 0. The van der Waals surface area contributed by atoms with Crippen LogP contribution in [0.2, 0.25) is 0 Å². The Labute approximate surface area is 130 Å². The summed E-state index contributed by atoms with van der Waals surface area (Å²) in [5.74, 6) is 1.03. The van der Waals surface area contributed by atoms with E-state index < -0.39 is 5.97 Å². The molecular weight excluding hydrogens is 280 g/mol. The molecule has 0 aliphatic rings. The van der Waals surface area contributed by atoms with Crippen molar-refractivity contribution in [2.24, 2.45) is 0 Å². The van der Waals surface area contributed by atoms with Gasteiger partial charge in [0.1, 0.15) is 24.7 Å². The van der Waals surface area contributed by atoms with Crippen LogP contribution in [0.5, 0.6) is 11.5 Å². The SMILES string of the molecule is CCc1cccc(OCCOC(=O)COc2ccccc2)c1. The zero-order valence-corrected chi connectivity index (χ0v) is 12.7. The molecular formula is C18H20O4. The first-order valence-corrected chi connectivity index (χ1v) is 7.33. The summed E-state index contributed by atoms with van der Waals surface area (Å²) in [6, 6.07) is 17.0. The van der Waals surface area contributed by atoms with Crippen molar-refractivity contribution in [2.75, 3.05) is 19.8 Å². The lowest BCUT2D eigenvalue weighted by Gasteiger charge is -2.09. The molecule has 2 aromatic carbocycles. The van der Waals surface area contributed by atoms with Gasteiger partial charge in [0.05, 0.1) is 0 Å². The number of aryl methyl sites for hydroxylation is 1. The maximum absolute atomic E-state index is 11.5. The summed E-state index contributed by atoms with van der Waals surface area (Å²) in [5, 5.41) is 0. The fourth-order valence-electron chi connectivity index (χ4n) is 1.87. The van der Waals surface area contributed by atoms with Gasteiger partial charge in [0.15, 0.2) is 6.61 Å². The van der Waals surface area contributed by atoms with Gasteiger partial charge in [-0.15, -0.1) is 0 Å². The van der Waals surface area contributed by atoms with E-state index in [1.54, 1.807) is 12.1 Å². The minimum atomic E-state index is -0.408. The van der Waals surface area contributed by atoms with Crippen LogP contribution in [-0.2, 0) is 16.0 Å². The van der Waals surface area contributed by atoms with Gasteiger partial charge >= 0.3 is 5.97 Å². The fourth-order valence-corrected chi connectivity index (χ4v) is 1.87. The number of hydrogen-bond acceptors (Lipinski definition) is 4. The molecule has 0 saturated carbocycles. The molecule has 0 N–H and O–H groups in total. The molecule has 0 aromatic heterocycles. The second kappa shape index (κ2) is 8.72. The molecule has 0 amide bonds. The Bertz CT molecular complexity index is 581. The van der Waals surface area contributed by atoms with Gasteiger partial charge in [0.25, 0.3) is 0 Å². The smallest absolute Gasteiger partial charge is 0.344 e. The largest absolute Gasteiger partial charge is 0.490 e. The summed E-state index contributed by atoms with van der Waals surface area (Å²) in [5.41, 5.74) is 1.21. The first kappa shape index (κ1) is 15.9. The number of rotatable bonds is 8. The van der Waals surface area contributed by atoms with Crippen LogP contribution in [0, 0.1) is 0 Å². The molecule has 0 radical (unpaired) electrons. The molecule has 22 heavy (non-hydrogen) atoms. The first-order chi connectivity index (χ1) is 10.8. The number of ether oxygens (including phenoxy) is 3. The average molecular weight is 300 g/mol. The van der Waals surface area contributed by atoms with Gasteiger partial charge in [-0.1, -0.05) is 37.3 Å². The molecule has 0 aliphatic carbocycles. The van der Waals surface area contributed by atoms with E-state index >= 15 is 0 Å². The molecule has 2 rings (SSSR count). The Kier molecular flexibility index (Phi) is 6.30. The van der Waals surface area contributed by atoms with Crippen LogP contribution in [0.3, 0.4) is 0 Å². The topological polar surface area (TPSA) is 44.8 Å². The molecule has 116 valence electrons. The van der Waals surface area contributed by atoms with E-state index in [1.807, 2.05) is 42.5 Å². The zero-order chi connectivity index (χ0) is 15.6. The third-order valence-electron chi connectivity index (χ3n) is 3.02. The van der Waals surface area contributed by atoms with Crippen LogP contribution in [0.4, 0.5) is 0 Å². The van der Waals surface area contributed by atoms with Crippen LogP contribution < -0.4 is 9.47 Å². The minimum Gasteiger partial charge on any atom is -0.490 e. The highest BCUT2D eigenvalue weighted by Gasteiger charge is 2.04. The highest BCUT2D eigenvalue weighted by atomic mass is 16.6. The van der Waals surface area contributed by atoms with Crippen LogP contribution in [-0.4, -0.2) is 25.8 Å². The summed E-state index contributed by atoms with van der Waals surface area (Å²) >= 11 is 0. The lowest BCUT2D eigenvalue weighted by atomic mass is 10.2. The quantitative estimate of drug-likeness (QED) is 0.554. The number of carbonyl (C=O) groups is 1. The molecule has 0 fully saturated rings. The molecule has 0 heterocycles. The van der Waals surface area contributed by atoms with E-state index in [2.05, 4.69) is 6.92 Å². The Morgan fingerprint density at radius 1 is 0.909 bits per heavy atom. The Balaban J connectivity index is 1.62. The number of carbonyl (C=O) groups excluding carboxylic acids is 1. The molecule has 0 atom stereocenters. The minimum absolute atomic E-state index is 0.102.